The normalized spacial score (nSPS) is 22.8. The van der Waals surface area contributed by atoms with Gasteiger partial charge >= 0.3 is 6.01 Å². The van der Waals surface area contributed by atoms with Crippen molar-refractivity contribution in [3.8, 4) is 0 Å². The van der Waals surface area contributed by atoms with Gasteiger partial charge < -0.3 is 9.15 Å². The number of ether oxygens (including phenoxy) is 1. The van der Waals surface area contributed by atoms with Crippen molar-refractivity contribution in [2.24, 2.45) is 5.92 Å². The van der Waals surface area contributed by atoms with Gasteiger partial charge in [0.05, 0.1) is 5.75 Å². The summed E-state index contributed by atoms with van der Waals surface area (Å²) in [6, 6.07) is 0.175. The van der Waals surface area contributed by atoms with Crippen LogP contribution in [-0.4, -0.2) is 34.2 Å². The fourth-order valence-corrected chi connectivity index (χ4v) is 4.06. The standard InChI is InChI=1S/C15H23N3O3S/c19-13(10-22-9-11-5-2-1-3-6-11)16-15-18-17-14(21-15)12-7-4-8-20-12/h11-12H,1-10H2,(H,16,18,19)/t12-/m1/s1. The molecule has 0 aromatic carbocycles. The lowest BCUT2D eigenvalue weighted by Gasteiger charge is -2.20. The quantitative estimate of drug-likeness (QED) is 0.865. The molecule has 0 unspecified atom stereocenters. The van der Waals surface area contributed by atoms with Crippen molar-refractivity contribution in [2.45, 2.75) is 51.0 Å². The molecule has 0 spiro atoms. The summed E-state index contributed by atoms with van der Waals surface area (Å²) in [4.78, 5) is 11.9. The number of hydrogen-bond donors (Lipinski definition) is 1. The highest BCUT2D eigenvalue weighted by atomic mass is 32.2. The first-order valence-corrected chi connectivity index (χ1v) is 9.29. The van der Waals surface area contributed by atoms with E-state index >= 15 is 0 Å². The Kier molecular flexibility index (Phi) is 5.72. The molecule has 2 aliphatic rings. The molecule has 0 bridgehead atoms. The van der Waals surface area contributed by atoms with Gasteiger partial charge in [0, 0.05) is 6.61 Å². The number of nitrogens with one attached hydrogen (secondary N) is 1. The molecule has 6 nitrogen and oxygen atoms in total. The molecule has 3 rings (SSSR count). The molecule has 1 N–H and O–H groups in total. The van der Waals surface area contributed by atoms with Gasteiger partial charge in [0.1, 0.15) is 6.10 Å². The van der Waals surface area contributed by atoms with Crippen LogP contribution in [0.15, 0.2) is 4.42 Å². The van der Waals surface area contributed by atoms with Crippen LogP contribution in [0.1, 0.15) is 56.9 Å². The smallest absolute Gasteiger partial charge is 0.322 e. The van der Waals surface area contributed by atoms with Gasteiger partial charge in [-0.25, -0.2) is 0 Å². The Hall–Kier alpha value is -1.08. The van der Waals surface area contributed by atoms with E-state index in [0.717, 1.165) is 31.1 Å². The van der Waals surface area contributed by atoms with E-state index in [1.807, 2.05) is 0 Å². The highest BCUT2D eigenvalue weighted by Crippen LogP contribution is 2.28. The van der Waals surface area contributed by atoms with Gasteiger partial charge in [0.2, 0.25) is 11.8 Å². The van der Waals surface area contributed by atoms with Gasteiger partial charge in [-0.1, -0.05) is 24.4 Å². The second-order valence-electron chi connectivity index (χ2n) is 6.01. The van der Waals surface area contributed by atoms with Crippen molar-refractivity contribution in [3.63, 3.8) is 0 Å². The van der Waals surface area contributed by atoms with Crippen LogP contribution in [0.4, 0.5) is 6.01 Å². The maximum Gasteiger partial charge on any atom is 0.322 e. The molecule has 1 atom stereocenters. The first-order valence-electron chi connectivity index (χ1n) is 8.14. The van der Waals surface area contributed by atoms with Crippen molar-refractivity contribution in [2.75, 3.05) is 23.4 Å². The highest BCUT2D eigenvalue weighted by molar-refractivity contribution is 7.99. The Bertz CT molecular complexity index is 482. The SMILES string of the molecule is O=C(CSCC1CCCCC1)Nc1nnc([C@H]2CCCO2)o1. The van der Waals surface area contributed by atoms with Crippen LogP contribution in [0.5, 0.6) is 0 Å². The maximum atomic E-state index is 11.9. The number of carbonyl (C=O) groups excluding carboxylic acids is 1. The first-order chi connectivity index (χ1) is 10.8. The maximum absolute atomic E-state index is 11.9. The fraction of sp³-hybridized carbons (Fsp3) is 0.800. The first kappa shape index (κ1) is 15.8. The van der Waals surface area contributed by atoms with Crippen LogP contribution >= 0.6 is 11.8 Å². The van der Waals surface area contributed by atoms with Crippen molar-refractivity contribution >= 4 is 23.7 Å². The van der Waals surface area contributed by atoms with Crippen molar-refractivity contribution < 1.29 is 13.9 Å². The number of aromatic nitrogens is 2. The molecular weight excluding hydrogens is 302 g/mol. The highest BCUT2D eigenvalue weighted by Gasteiger charge is 2.24. The Balaban J connectivity index is 1.37. The average Bonchev–Trinajstić information content (AvgIpc) is 3.19. The molecule has 2 heterocycles. The number of anilines is 1. The molecule has 122 valence electrons. The zero-order valence-electron chi connectivity index (χ0n) is 12.8. The number of thioether (sulfide) groups is 1. The molecule has 1 aliphatic carbocycles. The molecule has 0 radical (unpaired) electrons. The number of carbonyl (C=O) groups is 1. The van der Waals surface area contributed by atoms with E-state index < -0.39 is 0 Å². The molecule has 1 saturated carbocycles. The van der Waals surface area contributed by atoms with Crippen LogP contribution in [0.25, 0.3) is 0 Å². The van der Waals surface area contributed by atoms with Crippen LogP contribution < -0.4 is 5.32 Å². The van der Waals surface area contributed by atoms with E-state index in [4.69, 9.17) is 9.15 Å². The molecule has 1 saturated heterocycles. The van der Waals surface area contributed by atoms with Crippen molar-refractivity contribution in [1.29, 1.82) is 0 Å². The minimum Gasteiger partial charge on any atom is -0.405 e. The summed E-state index contributed by atoms with van der Waals surface area (Å²) in [5.41, 5.74) is 0. The Morgan fingerprint density at radius 1 is 1.18 bits per heavy atom. The summed E-state index contributed by atoms with van der Waals surface area (Å²) in [6.07, 6.45) is 8.45. The van der Waals surface area contributed by atoms with Gasteiger partial charge in [-0.3, -0.25) is 10.1 Å². The lowest BCUT2D eigenvalue weighted by molar-refractivity contribution is -0.113. The molecule has 22 heavy (non-hydrogen) atoms. The number of rotatable bonds is 6. The van der Waals surface area contributed by atoms with Gasteiger partial charge in [0.15, 0.2) is 0 Å². The van der Waals surface area contributed by atoms with E-state index in [1.54, 1.807) is 11.8 Å². The van der Waals surface area contributed by atoms with Crippen LogP contribution in [0, 0.1) is 5.92 Å². The van der Waals surface area contributed by atoms with Crippen molar-refractivity contribution in [1.82, 2.24) is 10.2 Å². The molecule has 1 amide bonds. The van der Waals surface area contributed by atoms with Gasteiger partial charge in [0.25, 0.3) is 0 Å². The van der Waals surface area contributed by atoms with Crippen molar-refractivity contribution in [3.05, 3.63) is 5.89 Å². The van der Waals surface area contributed by atoms with Gasteiger partial charge in [-0.05, 0) is 37.4 Å². The molecule has 2 fully saturated rings. The van der Waals surface area contributed by atoms with E-state index in [2.05, 4.69) is 15.5 Å². The molecule has 7 heteroatoms. The second kappa shape index (κ2) is 7.97. The zero-order valence-corrected chi connectivity index (χ0v) is 13.6. The molecular formula is C15H23N3O3S. The molecule has 1 aliphatic heterocycles. The molecule has 1 aromatic rings. The Labute approximate surface area is 134 Å². The molecule has 1 aromatic heterocycles. The number of amides is 1. The lowest BCUT2D eigenvalue weighted by Crippen LogP contribution is -2.16. The summed E-state index contributed by atoms with van der Waals surface area (Å²) in [7, 11) is 0. The fourth-order valence-electron chi connectivity index (χ4n) is 3.02. The Morgan fingerprint density at radius 2 is 2.05 bits per heavy atom. The summed E-state index contributed by atoms with van der Waals surface area (Å²) < 4.78 is 10.9. The van der Waals surface area contributed by atoms with E-state index in [0.29, 0.717) is 11.6 Å². The van der Waals surface area contributed by atoms with Crippen LogP contribution in [0.3, 0.4) is 0 Å². The van der Waals surface area contributed by atoms with E-state index in [9.17, 15) is 4.79 Å². The largest absolute Gasteiger partial charge is 0.405 e. The summed E-state index contributed by atoms with van der Waals surface area (Å²) in [5, 5.41) is 10.5. The Morgan fingerprint density at radius 3 is 2.82 bits per heavy atom. The third-order valence-electron chi connectivity index (χ3n) is 4.20. The minimum atomic E-state index is -0.112. The van der Waals surface area contributed by atoms with E-state index in [1.165, 1.54) is 32.1 Å². The summed E-state index contributed by atoms with van der Waals surface area (Å²) in [6.45, 7) is 0.729. The van der Waals surface area contributed by atoms with E-state index in [-0.39, 0.29) is 18.0 Å². The third-order valence-corrected chi connectivity index (χ3v) is 5.38. The predicted molar refractivity (Wildman–Crippen MR) is 84.8 cm³/mol. The predicted octanol–water partition coefficient (Wildman–Crippen LogP) is 3.17. The third kappa shape index (κ3) is 4.46. The topological polar surface area (TPSA) is 77.2 Å². The van der Waals surface area contributed by atoms with Crippen LogP contribution in [0.2, 0.25) is 0 Å². The van der Waals surface area contributed by atoms with Crippen LogP contribution in [-0.2, 0) is 9.53 Å². The second-order valence-corrected chi connectivity index (χ2v) is 7.04. The zero-order chi connectivity index (χ0) is 15.2. The summed E-state index contributed by atoms with van der Waals surface area (Å²) in [5.74, 6) is 2.67. The monoisotopic (exact) mass is 325 g/mol. The lowest BCUT2D eigenvalue weighted by atomic mass is 9.91. The summed E-state index contributed by atoms with van der Waals surface area (Å²) >= 11 is 1.69. The average molecular weight is 325 g/mol. The van der Waals surface area contributed by atoms with Gasteiger partial charge in [-0.2, -0.15) is 11.8 Å². The number of hydrogen-bond acceptors (Lipinski definition) is 6. The number of nitrogens with zero attached hydrogens (tertiary/aromatic N) is 2. The minimum absolute atomic E-state index is 0.0802. The van der Waals surface area contributed by atoms with Gasteiger partial charge in [-0.15, -0.1) is 5.10 Å².